The first kappa shape index (κ1) is 76.9. The minimum atomic E-state index is -3.81. The van der Waals surface area contributed by atoms with Gasteiger partial charge in [-0.15, -0.1) is 39.1 Å². The number of anilines is 1. The van der Waals surface area contributed by atoms with Crippen molar-refractivity contribution >= 4 is 154 Å². The van der Waals surface area contributed by atoms with E-state index in [2.05, 4.69) is 50.3 Å². The Labute approximate surface area is 628 Å². The number of carbonyl (C=O) groups is 3. The summed E-state index contributed by atoms with van der Waals surface area (Å²) in [5.41, 5.74) is 4.91. The lowest BCUT2D eigenvalue weighted by Gasteiger charge is -2.26. The average Bonchev–Trinajstić information content (AvgIpc) is 1.54. The lowest BCUT2D eigenvalue weighted by molar-refractivity contribution is -0.117. The van der Waals surface area contributed by atoms with Crippen LogP contribution in [0.2, 0.25) is 13.0 Å². The summed E-state index contributed by atoms with van der Waals surface area (Å²) in [6, 6.07) is 31.2. The fourth-order valence-corrected chi connectivity index (χ4v) is 19.7. The Kier molecular flexibility index (Phi) is 24.5. The largest absolute Gasteiger partial charge is 0.481 e. The van der Waals surface area contributed by atoms with E-state index in [-0.39, 0.29) is 66.2 Å². The number of aromatic nitrogens is 11. The van der Waals surface area contributed by atoms with Crippen molar-refractivity contribution in [3.8, 4) is 23.5 Å². The third kappa shape index (κ3) is 19.3. The first-order chi connectivity index (χ1) is 50.1. The normalized spacial score (nSPS) is 12.7. The summed E-state index contributed by atoms with van der Waals surface area (Å²) in [4.78, 5) is 105. The molecule has 1 saturated heterocycles. The Balaban J connectivity index is 0.000000159. The highest BCUT2D eigenvalue weighted by Gasteiger charge is 2.26. The molecule has 105 heavy (non-hydrogen) atoms. The number of piperidine rings is 1. The summed E-state index contributed by atoms with van der Waals surface area (Å²) in [7, 11) is -9.96. The molecule has 12 aromatic rings. The molecule has 26 nitrogen and oxygen atoms in total. The predicted octanol–water partition coefficient (Wildman–Crippen LogP) is 10.3. The minimum absolute atomic E-state index is 0.0175. The van der Waals surface area contributed by atoms with Crippen LogP contribution in [0.1, 0.15) is 59.5 Å². The molecule has 35 heteroatoms. The average molecular weight is 1590 g/mol. The van der Waals surface area contributed by atoms with E-state index >= 15 is 0 Å². The van der Waals surface area contributed by atoms with Crippen molar-refractivity contribution in [2.75, 3.05) is 55.9 Å². The van der Waals surface area contributed by atoms with E-state index in [1.165, 1.54) is 127 Å². The van der Waals surface area contributed by atoms with Gasteiger partial charge in [0.05, 0.1) is 64.9 Å². The van der Waals surface area contributed by atoms with Gasteiger partial charge in [0.1, 0.15) is 54.2 Å². The molecule has 0 aliphatic carbocycles. The van der Waals surface area contributed by atoms with Crippen LogP contribution in [-0.2, 0) is 63.2 Å². The number of likely N-dealkylation sites (tertiary alicyclic amines) is 1. The fourth-order valence-electron chi connectivity index (χ4n) is 11.2. The van der Waals surface area contributed by atoms with Crippen molar-refractivity contribution in [2.24, 2.45) is 0 Å². The Bertz CT molecular complexity index is 5850. The van der Waals surface area contributed by atoms with E-state index in [9.17, 15) is 54.0 Å². The molecular formula is C70H64Cl3N13O13S6. The summed E-state index contributed by atoms with van der Waals surface area (Å²) in [6.07, 6.45) is 9.93. The number of benzene rings is 3. The van der Waals surface area contributed by atoms with Crippen molar-refractivity contribution in [1.82, 2.24) is 58.7 Å². The molecule has 0 atom stereocenters. The van der Waals surface area contributed by atoms with E-state index in [1.54, 1.807) is 43.3 Å². The second-order valence-corrected chi connectivity index (χ2v) is 36.1. The van der Waals surface area contributed by atoms with Crippen LogP contribution in [-0.4, -0.2) is 152 Å². The van der Waals surface area contributed by atoms with Gasteiger partial charge in [0, 0.05) is 43.0 Å². The highest BCUT2D eigenvalue weighted by Crippen LogP contribution is 2.30. The van der Waals surface area contributed by atoms with Gasteiger partial charge in [-0.1, -0.05) is 59.4 Å². The topological polar surface area (TPSA) is 347 Å². The Hall–Kier alpha value is -9.22. The van der Waals surface area contributed by atoms with Crippen LogP contribution < -0.4 is 26.7 Å². The van der Waals surface area contributed by atoms with Crippen molar-refractivity contribution in [3.05, 3.63) is 218 Å². The number of aryl methyl sites for hydroxylation is 3. The number of nitrogens with one attached hydrogen (secondary N) is 1. The van der Waals surface area contributed by atoms with E-state index in [0.29, 0.717) is 74.2 Å². The summed E-state index contributed by atoms with van der Waals surface area (Å²) >= 11 is 20.1. The number of hydrogen-bond donors (Lipinski definition) is 1. The fraction of sp³-hybridized carbons (Fsp3) is 0.257. The molecule has 1 aliphatic heterocycles. The monoisotopic (exact) mass is 1590 g/mol. The van der Waals surface area contributed by atoms with Gasteiger partial charge in [0.25, 0.3) is 16.7 Å². The van der Waals surface area contributed by atoms with Gasteiger partial charge in [-0.2, -0.15) is 10.1 Å². The van der Waals surface area contributed by atoms with E-state index in [1.807, 2.05) is 44.2 Å². The maximum Gasteiger partial charge on any atom is 0.268 e. The van der Waals surface area contributed by atoms with E-state index < -0.39 is 64.1 Å². The molecule has 10 heterocycles. The van der Waals surface area contributed by atoms with Gasteiger partial charge in [-0.25, -0.2) is 63.9 Å². The van der Waals surface area contributed by atoms with Crippen molar-refractivity contribution in [2.45, 2.75) is 78.3 Å². The number of halogens is 3. The predicted molar refractivity (Wildman–Crippen MR) is 405 cm³/mol. The molecule has 0 radical (unpaired) electrons. The summed E-state index contributed by atoms with van der Waals surface area (Å²) < 4.78 is 84.7. The van der Waals surface area contributed by atoms with Crippen LogP contribution in [0.4, 0.5) is 5.69 Å². The van der Waals surface area contributed by atoms with Crippen LogP contribution in [0.15, 0.2) is 167 Å². The summed E-state index contributed by atoms with van der Waals surface area (Å²) in [6.45, 7) is 9.90. The third-order valence-corrected chi connectivity index (χ3v) is 26.8. The number of nitrogens with zero attached hydrogens (tertiary/aromatic N) is 12. The number of methoxy groups -OCH3 is 1. The van der Waals surface area contributed by atoms with Crippen molar-refractivity contribution < 1.29 is 44.4 Å². The highest BCUT2D eigenvalue weighted by atomic mass is 35.5. The molecule has 0 spiro atoms. The molecule has 3 aromatic carbocycles. The molecule has 1 fully saturated rings. The summed E-state index contributed by atoms with van der Waals surface area (Å²) in [5, 5.41) is 12.8. The number of thiophene rings is 3. The van der Waals surface area contributed by atoms with Gasteiger partial charge < -0.3 is 15.0 Å². The van der Waals surface area contributed by atoms with Crippen LogP contribution >= 0.6 is 68.8 Å². The molecule has 9 aromatic heterocycles. The maximum absolute atomic E-state index is 13.4. The standard InChI is InChI=1S/C29H32ClN5O4S2.C21H17ClN4O5S2.C20H15ClN4O4S2/c1-20-33-25-17-22(31-12-5-15-34-13-3-2-4-14-34)7-8-24(25)29(37)35(20)27-10-6-21(18-32-27)16-23(36)19-41(38,39)28-11-9-26(30)40-28;1-12-3-4-15-16(7-12)24-11-26(20(15)28)21-23-9-13(19(25-21)31-2)8-14(27)10-33(29,30)18-6-5-17(22)32-18;1-12-2-4-15-16(8-12)22-11-25(20(15)27)18-6-3-13(23-24-18)9-14(26)10-31(28,29)19-7-5-17(21)30-19/h6-11,17-18,31H,2-5,12-16,19H2,1H3;3-7,9,11H,8,10H2,1-2H3;2-8,11H,9-10H2,1H3. The molecule has 1 N–H and O–H groups in total. The van der Waals surface area contributed by atoms with Crippen molar-refractivity contribution in [3.63, 3.8) is 0 Å². The number of ketones is 3. The zero-order valence-electron chi connectivity index (χ0n) is 56.4. The molecule has 1 aliphatic rings. The number of carbonyl (C=O) groups excluding carboxylic acids is 3. The van der Waals surface area contributed by atoms with Crippen LogP contribution in [0.3, 0.4) is 0 Å². The Morgan fingerprint density at radius 1 is 0.533 bits per heavy atom. The number of rotatable bonds is 24. The second-order valence-electron chi connectivity index (χ2n) is 24.3. The zero-order chi connectivity index (χ0) is 74.9. The Morgan fingerprint density at radius 3 is 1.60 bits per heavy atom. The van der Waals surface area contributed by atoms with Gasteiger partial charge >= 0.3 is 0 Å². The number of fused-ring (bicyclic) bond motifs is 3. The van der Waals surface area contributed by atoms with Crippen LogP contribution in [0.25, 0.3) is 50.3 Å². The molecule has 0 bridgehead atoms. The zero-order valence-corrected chi connectivity index (χ0v) is 63.6. The number of ether oxygens (including phenoxy) is 1. The molecule has 0 unspecified atom stereocenters. The second kappa shape index (κ2) is 33.5. The highest BCUT2D eigenvalue weighted by molar-refractivity contribution is 7.94. The van der Waals surface area contributed by atoms with E-state index in [4.69, 9.17) is 39.5 Å². The molecular weight excluding hydrogens is 1530 g/mol. The number of sulfone groups is 3. The third-order valence-electron chi connectivity index (χ3n) is 16.3. The first-order valence-corrected chi connectivity index (χ1v) is 40.8. The quantitative estimate of drug-likeness (QED) is 0.0549. The van der Waals surface area contributed by atoms with Gasteiger partial charge in [0.15, 0.2) is 52.7 Å². The number of hydrogen-bond acceptors (Lipinski definition) is 26. The lowest BCUT2D eigenvalue weighted by atomic mass is 10.1. The minimum Gasteiger partial charge on any atom is -0.481 e. The molecule has 0 saturated carbocycles. The SMILES string of the molecule is COc1nc(-n2cnc3cc(C)ccc3c2=O)ncc1CC(=O)CS(=O)(=O)c1ccc(Cl)s1.Cc1ccc2c(=O)n(-c3ccc(CC(=O)CS(=O)(=O)c4ccc(Cl)s4)nn3)cnc2c1.Cc1nc2cc(NCCCN3CCCCC3)ccc2c(=O)n1-c1ccc(CC(=O)CS(=O)(=O)c2ccc(Cl)s2)cn1. The van der Waals surface area contributed by atoms with Gasteiger partial charge in [-0.05, 0) is 173 Å². The van der Waals surface area contributed by atoms with Gasteiger partial charge in [-0.3, -0.25) is 28.8 Å². The first-order valence-electron chi connectivity index (χ1n) is 32.2. The summed E-state index contributed by atoms with van der Waals surface area (Å²) in [5.74, 6) is -2.32. The van der Waals surface area contributed by atoms with E-state index in [0.717, 1.165) is 70.3 Å². The molecule has 13 rings (SSSR count). The maximum atomic E-state index is 13.4. The number of Topliss-reactive ketones (excluding diaryl/α,β-unsaturated/α-hetero) is 3. The van der Waals surface area contributed by atoms with Crippen LogP contribution in [0, 0.1) is 20.8 Å². The Morgan fingerprint density at radius 2 is 1.07 bits per heavy atom. The number of pyridine rings is 1. The lowest BCUT2D eigenvalue weighted by Crippen LogP contribution is -2.31. The molecule has 0 amide bonds. The van der Waals surface area contributed by atoms with Crippen molar-refractivity contribution in [1.29, 1.82) is 0 Å². The van der Waals surface area contributed by atoms with Gasteiger partial charge in [0.2, 0.25) is 11.8 Å². The smallest absolute Gasteiger partial charge is 0.268 e. The molecule has 544 valence electrons. The van der Waals surface area contributed by atoms with Crippen LogP contribution in [0.5, 0.6) is 5.88 Å².